The highest BCUT2D eigenvalue weighted by molar-refractivity contribution is 7.47. The Balaban J connectivity index is 4.30. The second kappa shape index (κ2) is 45.4. The summed E-state index contributed by atoms with van der Waals surface area (Å²) in [5, 5.41) is 18.4. The first-order valence-electron chi connectivity index (χ1n) is 23.9. The molecule has 10 nitrogen and oxygen atoms in total. The summed E-state index contributed by atoms with van der Waals surface area (Å²) >= 11 is 0. The number of phosphoric acid groups is 1. The standard InChI is InChI=1S/C50H87O10P/c1-3-5-7-9-11-13-15-17-19-21-23-25-27-29-31-33-35-37-39-41-49(53)57-45-48(46-59-61(55,56)58-44-47(52)43-51)60-50(54)42-40-38-36-34-32-30-28-26-24-22-20-18-16-14-12-10-8-6-4-2/h6,8,12,14,17-20,24,26,30,32,47-48,51-52H,3-5,7,9-11,13,15-16,21-23,25,27-29,31,33-46H2,1-2H3,(H,55,56)/b8-6-,14-12-,19-17-,20-18-,26-24-,32-30-/t47-,48+/m0/s1. The quantitative estimate of drug-likeness (QED) is 0.0234. The Morgan fingerprint density at radius 3 is 1.39 bits per heavy atom. The van der Waals surface area contributed by atoms with E-state index in [1.807, 2.05) is 0 Å². The summed E-state index contributed by atoms with van der Waals surface area (Å²) in [6.07, 6.45) is 52.9. The van der Waals surface area contributed by atoms with Crippen molar-refractivity contribution in [2.75, 3.05) is 26.4 Å². The number of carbonyl (C=O) groups is 2. The maximum Gasteiger partial charge on any atom is 0.472 e. The van der Waals surface area contributed by atoms with Crippen LogP contribution in [0.4, 0.5) is 0 Å². The molecule has 3 atom stereocenters. The first-order chi connectivity index (χ1) is 29.7. The van der Waals surface area contributed by atoms with Crippen LogP contribution in [0.2, 0.25) is 0 Å². The van der Waals surface area contributed by atoms with Gasteiger partial charge in [0.25, 0.3) is 0 Å². The molecule has 0 aliphatic heterocycles. The molecule has 11 heteroatoms. The molecule has 0 saturated heterocycles. The molecule has 0 rings (SSSR count). The molecule has 1 unspecified atom stereocenters. The maximum atomic E-state index is 12.6. The Kier molecular flexibility index (Phi) is 43.5. The van der Waals surface area contributed by atoms with E-state index in [-0.39, 0.29) is 19.4 Å². The van der Waals surface area contributed by atoms with Crippen molar-refractivity contribution in [1.82, 2.24) is 0 Å². The number of hydrogen-bond acceptors (Lipinski definition) is 9. The number of unbranched alkanes of at least 4 members (excludes halogenated alkanes) is 18. The predicted octanol–water partition coefficient (Wildman–Crippen LogP) is 13.2. The molecule has 61 heavy (non-hydrogen) atoms. The zero-order valence-electron chi connectivity index (χ0n) is 38.4. The Hall–Kier alpha value is -2.59. The van der Waals surface area contributed by atoms with Crippen LogP contribution in [0.3, 0.4) is 0 Å². The van der Waals surface area contributed by atoms with Gasteiger partial charge in [0, 0.05) is 12.8 Å². The molecule has 0 bridgehead atoms. The van der Waals surface area contributed by atoms with Crippen molar-refractivity contribution < 1.29 is 47.8 Å². The summed E-state index contributed by atoms with van der Waals surface area (Å²) in [7, 11) is -4.63. The Morgan fingerprint density at radius 1 is 0.508 bits per heavy atom. The van der Waals surface area contributed by atoms with Gasteiger partial charge in [-0.1, -0.05) is 170 Å². The van der Waals surface area contributed by atoms with Crippen LogP contribution in [-0.2, 0) is 32.7 Å². The van der Waals surface area contributed by atoms with Gasteiger partial charge < -0.3 is 24.6 Å². The molecule has 352 valence electrons. The van der Waals surface area contributed by atoms with Gasteiger partial charge in [-0.3, -0.25) is 18.6 Å². The minimum absolute atomic E-state index is 0.142. The molecule has 0 aromatic heterocycles. The van der Waals surface area contributed by atoms with E-state index in [1.54, 1.807) is 0 Å². The predicted molar refractivity (Wildman–Crippen MR) is 251 cm³/mol. The van der Waals surface area contributed by atoms with Gasteiger partial charge in [0.2, 0.25) is 0 Å². The van der Waals surface area contributed by atoms with E-state index in [4.69, 9.17) is 23.6 Å². The summed E-state index contributed by atoms with van der Waals surface area (Å²) < 4.78 is 32.8. The largest absolute Gasteiger partial charge is 0.472 e. The summed E-state index contributed by atoms with van der Waals surface area (Å²) in [6, 6.07) is 0. The van der Waals surface area contributed by atoms with Crippen LogP contribution in [0, 0.1) is 0 Å². The van der Waals surface area contributed by atoms with E-state index in [2.05, 4.69) is 86.8 Å². The molecule has 0 aromatic rings. The number of aliphatic hydroxyl groups excluding tert-OH is 2. The molecule has 3 N–H and O–H groups in total. The van der Waals surface area contributed by atoms with Gasteiger partial charge in [-0.2, -0.15) is 0 Å². The molecule has 0 aliphatic rings. The van der Waals surface area contributed by atoms with Gasteiger partial charge in [0.05, 0.1) is 19.8 Å². The third-order valence-electron chi connectivity index (χ3n) is 9.84. The fraction of sp³-hybridized carbons (Fsp3) is 0.720. The molecule has 0 amide bonds. The van der Waals surface area contributed by atoms with Gasteiger partial charge in [0.1, 0.15) is 12.7 Å². The van der Waals surface area contributed by atoms with Crippen molar-refractivity contribution in [2.45, 2.75) is 206 Å². The number of carbonyl (C=O) groups excluding carboxylic acids is 2. The maximum absolute atomic E-state index is 12.6. The number of hydrogen-bond donors (Lipinski definition) is 3. The molecule has 0 aromatic carbocycles. The van der Waals surface area contributed by atoms with Crippen LogP contribution in [0.5, 0.6) is 0 Å². The third-order valence-corrected chi connectivity index (χ3v) is 10.8. The fourth-order valence-corrected chi connectivity index (χ4v) is 6.98. The molecule has 0 fully saturated rings. The second-order valence-corrected chi connectivity index (χ2v) is 17.2. The van der Waals surface area contributed by atoms with E-state index in [0.717, 1.165) is 70.6 Å². The Labute approximate surface area is 371 Å². The summed E-state index contributed by atoms with van der Waals surface area (Å²) in [4.78, 5) is 35.1. The lowest BCUT2D eigenvalue weighted by atomic mass is 10.1. The lowest BCUT2D eigenvalue weighted by Crippen LogP contribution is -2.29. The van der Waals surface area contributed by atoms with Crippen LogP contribution in [0.1, 0.15) is 194 Å². The SMILES string of the molecule is CC/C=C\C/C=C\C/C=C\C/C=C\C/C=C\CCCCCC(=O)O[C@H](COC(=O)CCCCCCCCCCC/C=C\CCCCCCCC)COP(=O)(O)OC[C@@H](O)CO. The van der Waals surface area contributed by atoms with Gasteiger partial charge in [-0.05, 0) is 83.5 Å². The number of rotatable bonds is 44. The van der Waals surface area contributed by atoms with E-state index in [1.165, 1.54) is 83.5 Å². The monoisotopic (exact) mass is 879 g/mol. The highest BCUT2D eigenvalue weighted by Gasteiger charge is 2.27. The van der Waals surface area contributed by atoms with E-state index in [9.17, 15) is 24.2 Å². The molecule has 0 saturated carbocycles. The fourth-order valence-electron chi connectivity index (χ4n) is 6.19. The smallest absolute Gasteiger partial charge is 0.462 e. The van der Waals surface area contributed by atoms with Crippen LogP contribution in [0.25, 0.3) is 0 Å². The lowest BCUT2D eigenvalue weighted by Gasteiger charge is -2.20. The molecule has 0 aliphatic carbocycles. The van der Waals surface area contributed by atoms with Gasteiger partial charge >= 0.3 is 19.8 Å². The first kappa shape index (κ1) is 58.4. The summed E-state index contributed by atoms with van der Waals surface area (Å²) in [6.45, 7) is 2.23. The van der Waals surface area contributed by atoms with Crippen molar-refractivity contribution in [3.63, 3.8) is 0 Å². The normalized spacial score (nSPS) is 14.4. The van der Waals surface area contributed by atoms with Crippen molar-refractivity contribution in [1.29, 1.82) is 0 Å². The molecular formula is C50H87O10P. The van der Waals surface area contributed by atoms with Crippen molar-refractivity contribution in [2.24, 2.45) is 0 Å². The van der Waals surface area contributed by atoms with E-state index < -0.39 is 51.8 Å². The minimum atomic E-state index is -4.63. The third kappa shape index (κ3) is 45.3. The van der Waals surface area contributed by atoms with Crippen molar-refractivity contribution >= 4 is 19.8 Å². The molecule has 0 spiro atoms. The number of aliphatic hydroxyl groups is 2. The number of ether oxygens (including phenoxy) is 2. The molecule has 0 radical (unpaired) electrons. The average molecular weight is 879 g/mol. The second-order valence-electron chi connectivity index (χ2n) is 15.7. The van der Waals surface area contributed by atoms with Crippen LogP contribution in [0.15, 0.2) is 72.9 Å². The first-order valence-corrected chi connectivity index (χ1v) is 25.4. The minimum Gasteiger partial charge on any atom is -0.462 e. The molecular weight excluding hydrogens is 792 g/mol. The van der Waals surface area contributed by atoms with Crippen molar-refractivity contribution in [3.8, 4) is 0 Å². The van der Waals surface area contributed by atoms with Crippen LogP contribution < -0.4 is 0 Å². The van der Waals surface area contributed by atoms with Gasteiger partial charge in [-0.15, -0.1) is 0 Å². The van der Waals surface area contributed by atoms with Gasteiger partial charge in [0.15, 0.2) is 6.10 Å². The molecule has 0 heterocycles. The number of phosphoric ester groups is 1. The van der Waals surface area contributed by atoms with Crippen LogP contribution in [-0.4, -0.2) is 65.7 Å². The van der Waals surface area contributed by atoms with Crippen molar-refractivity contribution in [3.05, 3.63) is 72.9 Å². The van der Waals surface area contributed by atoms with E-state index in [0.29, 0.717) is 12.8 Å². The van der Waals surface area contributed by atoms with Gasteiger partial charge in [-0.25, -0.2) is 4.57 Å². The van der Waals surface area contributed by atoms with Crippen LogP contribution >= 0.6 is 7.82 Å². The Morgan fingerprint density at radius 2 is 0.902 bits per heavy atom. The lowest BCUT2D eigenvalue weighted by molar-refractivity contribution is -0.161. The van der Waals surface area contributed by atoms with E-state index >= 15 is 0 Å². The number of allylic oxidation sites excluding steroid dienone is 12. The Bertz CT molecular complexity index is 1240. The summed E-state index contributed by atoms with van der Waals surface area (Å²) in [5.74, 6) is -0.967. The summed E-state index contributed by atoms with van der Waals surface area (Å²) in [5.41, 5.74) is 0. The average Bonchev–Trinajstić information content (AvgIpc) is 3.25. The zero-order valence-corrected chi connectivity index (χ0v) is 39.3. The highest BCUT2D eigenvalue weighted by atomic mass is 31.2. The topological polar surface area (TPSA) is 149 Å². The highest BCUT2D eigenvalue weighted by Crippen LogP contribution is 2.43. The number of esters is 2. The zero-order chi connectivity index (χ0) is 44.8.